The fourth-order valence-electron chi connectivity index (χ4n) is 1.39. The molecule has 2 aromatic heterocycles. The van der Waals surface area contributed by atoms with Gasteiger partial charge in [-0.05, 0) is 6.42 Å². The highest BCUT2D eigenvalue weighted by molar-refractivity contribution is 5.81. The largest absolute Gasteiger partial charge is 0.382 e. The lowest BCUT2D eigenvalue weighted by Gasteiger charge is -1.98. The lowest BCUT2D eigenvalue weighted by molar-refractivity contribution is 0.833. The molecule has 15 heavy (non-hydrogen) atoms. The average Bonchev–Trinajstić information content (AvgIpc) is 2.64. The number of hydrogen-bond acceptors (Lipinski definition) is 4. The molecule has 2 N–H and O–H groups in total. The van der Waals surface area contributed by atoms with Crippen molar-refractivity contribution in [3.05, 3.63) is 24.8 Å². The SMILES string of the molecule is CC/C=C\Cn1cnc2c(N)ncnc21. The van der Waals surface area contributed by atoms with Crippen LogP contribution in [0.1, 0.15) is 13.3 Å². The molecule has 0 saturated heterocycles. The van der Waals surface area contributed by atoms with E-state index in [9.17, 15) is 0 Å². The summed E-state index contributed by atoms with van der Waals surface area (Å²) in [7, 11) is 0. The van der Waals surface area contributed by atoms with Crippen LogP contribution in [0.3, 0.4) is 0 Å². The van der Waals surface area contributed by atoms with Crippen molar-refractivity contribution in [2.75, 3.05) is 5.73 Å². The first-order valence-corrected chi connectivity index (χ1v) is 4.89. The summed E-state index contributed by atoms with van der Waals surface area (Å²) < 4.78 is 1.94. The molecule has 2 heterocycles. The number of rotatable bonds is 3. The van der Waals surface area contributed by atoms with E-state index < -0.39 is 0 Å². The molecule has 0 atom stereocenters. The molecule has 5 heteroatoms. The Hall–Kier alpha value is -1.91. The van der Waals surface area contributed by atoms with Crippen LogP contribution < -0.4 is 5.73 Å². The van der Waals surface area contributed by atoms with Gasteiger partial charge in [0.1, 0.15) is 11.8 Å². The van der Waals surface area contributed by atoms with Crippen molar-refractivity contribution >= 4 is 17.0 Å². The van der Waals surface area contributed by atoms with Gasteiger partial charge in [-0.2, -0.15) is 0 Å². The fraction of sp³-hybridized carbons (Fsp3) is 0.300. The second-order valence-electron chi connectivity index (χ2n) is 3.21. The molecule has 78 valence electrons. The smallest absolute Gasteiger partial charge is 0.165 e. The Morgan fingerprint density at radius 3 is 3.00 bits per heavy atom. The number of aromatic nitrogens is 4. The van der Waals surface area contributed by atoms with Crippen LogP contribution in [0.5, 0.6) is 0 Å². The summed E-state index contributed by atoms with van der Waals surface area (Å²) in [4.78, 5) is 12.2. The standard InChI is InChI=1S/C10H13N5/c1-2-3-4-5-15-7-14-8-9(11)12-6-13-10(8)15/h3-4,6-7H,2,5H2,1H3,(H2,11,12,13)/b4-3-. The molecule has 0 spiro atoms. The highest BCUT2D eigenvalue weighted by Crippen LogP contribution is 2.13. The van der Waals surface area contributed by atoms with E-state index in [4.69, 9.17) is 5.73 Å². The summed E-state index contributed by atoms with van der Waals surface area (Å²) >= 11 is 0. The number of nitrogens with zero attached hydrogens (tertiary/aromatic N) is 4. The second kappa shape index (κ2) is 4.08. The molecule has 0 radical (unpaired) electrons. The van der Waals surface area contributed by atoms with E-state index in [2.05, 4.69) is 34.0 Å². The predicted molar refractivity (Wildman–Crippen MR) is 59.2 cm³/mol. The molecule has 0 aliphatic heterocycles. The predicted octanol–water partition coefficient (Wildman–Crippen LogP) is 1.37. The molecule has 0 saturated carbocycles. The van der Waals surface area contributed by atoms with Crippen molar-refractivity contribution in [1.29, 1.82) is 0 Å². The van der Waals surface area contributed by atoms with Gasteiger partial charge in [0.05, 0.1) is 6.33 Å². The number of allylic oxidation sites excluding steroid dienone is 2. The molecule has 5 nitrogen and oxygen atoms in total. The van der Waals surface area contributed by atoms with E-state index in [0.717, 1.165) is 18.6 Å². The first-order chi connectivity index (χ1) is 7.33. The Labute approximate surface area is 87.7 Å². The summed E-state index contributed by atoms with van der Waals surface area (Å²) in [5.41, 5.74) is 7.13. The topological polar surface area (TPSA) is 69.6 Å². The Kier molecular flexibility index (Phi) is 2.62. The van der Waals surface area contributed by atoms with Crippen LogP contribution in [-0.2, 0) is 6.54 Å². The van der Waals surface area contributed by atoms with E-state index in [1.165, 1.54) is 6.33 Å². The van der Waals surface area contributed by atoms with E-state index in [1.807, 2.05) is 4.57 Å². The number of imidazole rings is 1. The fourth-order valence-corrected chi connectivity index (χ4v) is 1.39. The van der Waals surface area contributed by atoms with Crippen LogP contribution in [0.25, 0.3) is 11.2 Å². The molecule has 0 bridgehead atoms. The maximum atomic E-state index is 5.68. The van der Waals surface area contributed by atoms with Crippen LogP contribution in [0.2, 0.25) is 0 Å². The molecule has 0 amide bonds. The van der Waals surface area contributed by atoms with Gasteiger partial charge < -0.3 is 10.3 Å². The Bertz CT molecular complexity index is 486. The molecular weight excluding hydrogens is 190 g/mol. The van der Waals surface area contributed by atoms with Gasteiger partial charge in [0, 0.05) is 6.54 Å². The summed E-state index contributed by atoms with van der Waals surface area (Å²) in [6.07, 6.45) is 8.41. The quantitative estimate of drug-likeness (QED) is 0.765. The Morgan fingerprint density at radius 2 is 2.20 bits per heavy atom. The van der Waals surface area contributed by atoms with Gasteiger partial charge >= 0.3 is 0 Å². The highest BCUT2D eigenvalue weighted by Gasteiger charge is 2.05. The number of anilines is 1. The molecule has 0 fully saturated rings. The third kappa shape index (κ3) is 1.81. The van der Waals surface area contributed by atoms with Crippen LogP contribution in [0.15, 0.2) is 24.8 Å². The van der Waals surface area contributed by atoms with Crippen LogP contribution in [-0.4, -0.2) is 19.5 Å². The van der Waals surface area contributed by atoms with E-state index in [-0.39, 0.29) is 0 Å². The lowest BCUT2D eigenvalue weighted by atomic mass is 10.4. The highest BCUT2D eigenvalue weighted by atomic mass is 15.1. The summed E-state index contributed by atoms with van der Waals surface area (Å²) in [6.45, 7) is 2.86. The van der Waals surface area contributed by atoms with Crippen molar-refractivity contribution in [2.24, 2.45) is 0 Å². The number of nitrogen functional groups attached to an aromatic ring is 1. The molecule has 0 aromatic carbocycles. The van der Waals surface area contributed by atoms with Gasteiger partial charge in [-0.25, -0.2) is 15.0 Å². The molecular formula is C10H13N5. The normalized spacial score (nSPS) is 11.5. The summed E-state index contributed by atoms with van der Waals surface area (Å²) in [5, 5.41) is 0. The first-order valence-electron chi connectivity index (χ1n) is 4.89. The second-order valence-corrected chi connectivity index (χ2v) is 3.21. The van der Waals surface area contributed by atoms with Crippen LogP contribution in [0.4, 0.5) is 5.82 Å². The molecule has 0 aliphatic carbocycles. The maximum absolute atomic E-state index is 5.68. The third-order valence-corrected chi connectivity index (χ3v) is 2.13. The third-order valence-electron chi connectivity index (χ3n) is 2.13. The minimum atomic E-state index is 0.429. The zero-order valence-corrected chi connectivity index (χ0v) is 8.59. The lowest BCUT2D eigenvalue weighted by Crippen LogP contribution is -1.97. The van der Waals surface area contributed by atoms with Crippen molar-refractivity contribution in [2.45, 2.75) is 19.9 Å². The van der Waals surface area contributed by atoms with Crippen molar-refractivity contribution < 1.29 is 0 Å². The molecule has 0 unspecified atom stereocenters. The Balaban J connectivity index is 2.37. The van der Waals surface area contributed by atoms with E-state index >= 15 is 0 Å². The zero-order chi connectivity index (χ0) is 10.7. The average molecular weight is 203 g/mol. The maximum Gasteiger partial charge on any atom is 0.165 e. The van der Waals surface area contributed by atoms with E-state index in [1.54, 1.807) is 6.33 Å². The Morgan fingerprint density at radius 1 is 1.33 bits per heavy atom. The molecule has 2 rings (SSSR count). The van der Waals surface area contributed by atoms with Gasteiger partial charge in [-0.15, -0.1) is 0 Å². The number of fused-ring (bicyclic) bond motifs is 1. The van der Waals surface area contributed by atoms with Crippen molar-refractivity contribution in [3.63, 3.8) is 0 Å². The van der Waals surface area contributed by atoms with Crippen molar-refractivity contribution in [3.8, 4) is 0 Å². The molecule has 2 aromatic rings. The zero-order valence-electron chi connectivity index (χ0n) is 8.59. The minimum absolute atomic E-state index is 0.429. The number of nitrogens with two attached hydrogens (primary N) is 1. The summed E-state index contributed by atoms with van der Waals surface area (Å²) in [5.74, 6) is 0.429. The van der Waals surface area contributed by atoms with Gasteiger partial charge in [0.25, 0.3) is 0 Å². The van der Waals surface area contributed by atoms with Gasteiger partial charge in [0.15, 0.2) is 11.5 Å². The monoisotopic (exact) mass is 203 g/mol. The number of hydrogen-bond donors (Lipinski definition) is 1. The van der Waals surface area contributed by atoms with Gasteiger partial charge in [-0.1, -0.05) is 19.1 Å². The van der Waals surface area contributed by atoms with Crippen LogP contribution in [0, 0.1) is 0 Å². The van der Waals surface area contributed by atoms with Crippen molar-refractivity contribution in [1.82, 2.24) is 19.5 Å². The first kappa shape index (κ1) is 9.64. The van der Waals surface area contributed by atoms with Crippen LogP contribution >= 0.6 is 0 Å². The van der Waals surface area contributed by atoms with Gasteiger partial charge in [-0.3, -0.25) is 0 Å². The molecule has 0 aliphatic rings. The minimum Gasteiger partial charge on any atom is -0.382 e. The summed E-state index contributed by atoms with van der Waals surface area (Å²) in [6, 6.07) is 0. The van der Waals surface area contributed by atoms with Gasteiger partial charge in [0.2, 0.25) is 0 Å². The van der Waals surface area contributed by atoms with E-state index in [0.29, 0.717) is 11.3 Å².